The van der Waals surface area contributed by atoms with Gasteiger partial charge in [0.1, 0.15) is 6.04 Å². The van der Waals surface area contributed by atoms with Crippen LogP contribution in [0.15, 0.2) is 0 Å². The quantitative estimate of drug-likeness (QED) is 0.722. The lowest BCUT2D eigenvalue weighted by Gasteiger charge is -2.43. The molecule has 0 bridgehead atoms. The zero-order valence-electron chi connectivity index (χ0n) is 10.3. The van der Waals surface area contributed by atoms with Gasteiger partial charge in [0.25, 0.3) is 0 Å². The van der Waals surface area contributed by atoms with Crippen molar-refractivity contribution in [2.45, 2.75) is 32.4 Å². The summed E-state index contributed by atoms with van der Waals surface area (Å²) in [4.78, 5) is 16.2. The Labute approximate surface area is 92.6 Å². The van der Waals surface area contributed by atoms with Crippen molar-refractivity contribution < 1.29 is 4.79 Å². The molecule has 0 aliphatic carbocycles. The van der Waals surface area contributed by atoms with Gasteiger partial charge in [-0.2, -0.15) is 0 Å². The second kappa shape index (κ2) is 5.47. The summed E-state index contributed by atoms with van der Waals surface area (Å²) in [6, 6.07) is 0.481. The highest BCUT2D eigenvalue weighted by molar-refractivity contribution is 5.82. The minimum atomic E-state index is 0.0173. The smallest absolute Gasteiger partial charge is 0.241 e. The van der Waals surface area contributed by atoms with Crippen LogP contribution in [-0.4, -0.2) is 61.5 Å². The molecule has 2 atom stereocenters. The topological polar surface area (TPSA) is 35.6 Å². The first-order chi connectivity index (χ1) is 7.11. The van der Waals surface area contributed by atoms with Crippen LogP contribution in [0.5, 0.6) is 0 Å². The Morgan fingerprint density at radius 3 is 2.73 bits per heavy atom. The van der Waals surface area contributed by atoms with E-state index in [4.69, 9.17) is 0 Å². The SMILES string of the molecule is CCCN1C(C)CN(C)C(=O)C1CNC. The number of amides is 1. The molecule has 1 N–H and O–H groups in total. The van der Waals surface area contributed by atoms with Crippen LogP contribution in [0, 0.1) is 0 Å². The average molecular weight is 213 g/mol. The van der Waals surface area contributed by atoms with E-state index < -0.39 is 0 Å². The largest absolute Gasteiger partial charge is 0.343 e. The van der Waals surface area contributed by atoms with Gasteiger partial charge in [0.2, 0.25) is 5.91 Å². The van der Waals surface area contributed by atoms with Gasteiger partial charge in [-0.05, 0) is 26.9 Å². The number of likely N-dealkylation sites (N-methyl/N-ethyl adjacent to an activating group) is 2. The predicted molar refractivity (Wildman–Crippen MR) is 61.8 cm³/mol. The Bertz CT molecular complexity index is 220. The number of carbonyl (C=O) groups is 1. The van der Waals surface area contributed by atoms with Crippen molar-refractivity contribution in [3.05, 3.63) is 0 Å². The molecular weight excluding hydrogens is 190 g/mol. The first-order valence-electron chi connectivity index (χ1n) is 5.77. The molecule has 2 unspecified atom stereocenters. The molecule has 1 amide bonds. The van der Waals surface area contributed by atoms with E-state index in [2.05, 4.69) is 24.1 Å². The summed E-state index contributed by atoms with van der Waals surface area (Å²) in [7, 11) is 3.79. The third-order valence-electron chi connectivity index (χ3n) is 3.05. The number of piperazine rings is 1. The standard InChI is InChI=1S/C11H23N3O/c1-5-6-14-9(2)8-13(4)11(15)10(14)7-12-3/h9-10,12H,5-8H2,1-4H3. The molecule has 0 saturated carbocycles. The van der Waals surface area contributed by atoms with Crippen molar-refractivity contribution in [2.75, 3.05) is 33.7 Å². The number of nitrogens with one attached hydrogen (secondary N) is 1. The summed E-state index contributed by atoms with van der Waals surface area (Å²) in [5.41, 5.74) is 0. The molecule has 1 aliphatic heterocycles. The molecule has 0 spiro atoms. The van der Waals surface area contributed by atoms with Gasteiger partial charge in [-0.1, -0.05) is 6.92 Å². The summed E-state index contributed by atoms with van der Waals surface area (Å²) in [5.74, 6) is 0.246. The third kappa shape index (κ3) is 2.69. The van der Waals surface area contributed by atoms with E-state index >= 15 is 0 Å². The Balaban J connectivity index is 2.75. The number of carbonyl (C=O) groups excluding carboxylic acids is 1. The van der Waals surface area contributed by atoms with Crippen LogP contribution < -0.4 is 5.32 Å². The zero-order chi connectivity index (χ0) is 11.4. The maximum absolute atomic E-state index is 12.0. The van der Waals surface area contributed by atoms with Crippen LogP contribution in [0.25, 0.3) is 0 Å². The molecule has 0 aromatic rings. The molecule has 1 saturated heterocycles. The lowest BCUT2D eigenvalue weighted by atomic mass is 10.1. The Kier molecular flexibility index (Phi) is 4.54. The molecule has 15 heavy (non-hydrogen) atoms. The fourth-order valence-electron chi connectivity index (χ4n) is 2.33. The van der Waals surface area contributed by atoms with Crippen molar-refractivity contribution in [1.29, 1.82) is 0 Å². The van der Waals surface area contributed by atoms with Crippen molar-refractivity contribution in [3.63, 3.8) is 0 Å². The van der Waals surface area contributed by atoms with Crippen LogP contribution in [0.2, 0.25) is 0 Å². The van der Waals surface area contributed by atoms with Gasteiger partial charge >= 0.3 is 0 Å². The summed E-state index contributed by atoms with van der Waals surface area (Å²) < 4.78 is 0. The van der Waals surface area contributed by atoms with Gasteiger partial charge < -0.3 is 10.2 Å². The van der Waals surface area contributed by atoms with Gasteiger partial charge in [-0.25, -0.2) is 0 Å². The third-order valence-corrected chi connectivity index (χ3v) is 3.05. The van der Waals surface area contributed by atoms with E-state index in [1.165, 1.54) is 0 Å². The second-order valence-corrected chi connectivity index (χ2v) is 4.38. The van der Waals surface area contributed by atoms with E-state index in [-0.39, 0.29) is 11.9 Å². The maximum Gasteiger partial charge on any atom is 0.241 e. The lowest BCUT2D eigenvalue weighted by Crippen LogP contribution is -2.62. The summed E-state index contributed by atoms with van der Waals surface area (Å²) in [6.07, 6.45) is 1.10. The minimum absolute atomic E-state index is 0.0173. The summed E-state index contributed by atoms with van der Waals surface area (Å²) in [6.45, 7) is 6.95. The number of nitrogens with zero attached hydrogens (tertiary/aromatic N) is 2. The highest BCUT2D eigenvalue weighted by atomic mass is 16.2. The molecule has 1 aliphatic rings. The van der Waals surface area contributed by atoms with Crippen molar-refractivity contribution in [2.24, 2.45) is 0 Å². The van der Waals surface area contributed by atoms with Crippen LogP contribution >= 0.6 is 0 Å². The fourth-order valence-corrected chi connectivity index (χ4v) is 2.33. The number of hydrogen-bond donors (Lipinski definition) is 1. The van der Waals surface area contributed by atoms with Crippen molar-refractivity contribution >= 4 is 5.91 Å². The van der Waals surface area contributed by atoms with E-state index in [1.54, 1.807) is 0 Å². The molecule has 1 fully saturated rings. The second-order valence-electron chi connectivity index (χ2n) is 4.38. The normalized spacial score (nSPS) is 28.5. The van der Waals surface area contributed by atoms with Crippen LogP contribution in [0.4, 0.5) is 0 Å². The summed E-state index contributed by atoms with van der Waals surface area (Å²) in [5, 5.41) is 3.11. The van der Waals surface area contributed by atoms with Gasteiger partial charge in [-0.3, -0.25) is 9.69 Å². The Hall–Kier alpha value is -0.610. The summed E-state index contributed by atoms with van der Waals surface area (Å²) >= 11 is 0. The zero-order valence-corrected chi connectivity index (χ0v) is 10.3. The number of rotatable bonds is 4. The van der Waals surface area contributed by atoms with Gasteiger partial charge in [0.05, 0.1) is 0 Å². The molecule has 4 heteroatoms. The monoisotopic (exact) mass is 213 g/mol. The van der Waals surface area contributed by atoms with E-state index in [9.17, 15) is 4.79 Å². The highest BCUT2D eigenvalue weighted by Crippen LogP contribution is 2.15. The van der Waals surface area contributed by atoms with Crippen molar-refractivity contribution in [1.82, 2.24) is 15.1 Å². The molecule has 1 rings (SSSR count). The molecule has 0 radical (unpaired) electrons. The van der Waals surface area contributed by atoms with E-state index in [1.807, 2.05) is 19.0 Å². The number of hydrogen-bond acceptors (Lipinski definition) is 3. The molecule has 4 nitrogen and oxygen atoms in total. The minimum Gasteiger partial charge on any atom is -0.343 e. The molecule has 0 aromatic carbocycles. The highest BCUT2D eigenvalue weighted by Gasteiger charge is 2.35. The first kappa shape index (κ1) is 12.5. The first-order valence-corrected chi connectivity index (χ1v) is 5.77. The maximum atomic E-state index is 12.0. The lowest BCUT2D eigenvalue weighted by molar-refractivity contribution is -0.142. The fraction of sp³-hybridized carbons (Fsp3) is 0.909. The predicted octanol–water partition coefficient (Wildman–Crippen LogP) is 0.147. The van der Waals surface area contributed by atoms with Crippen LogP contribution in [0.3, 0.4) is 0 Å². The van der Waals surface area contributed by atoms with Crippen molar-refractivity contribution in [3.8, 4) is 0 Å². The van der Waals surface area contributed by atoms with Gasteiger partial charge in [0, 0.05) is 26.2 Å². The molecule has 1 heterocycles. The van der Waals surface area contributed by atoms with Crippen LogP contribution in [-0.2, 0) is 4.79 Å². The van der Waals surface area contributed by atoms with Gasteiger partial charge in [0.15, 0.2) is 0 Å². The molecule has 0 aromatic heterocycles. The Morgan fingerprint density at radius 1 is 1.53 bits per heavy atom. The van der Waals surface area contributed by atoms with Crippen LogP contribution in [0.1, 0.15) is 20.3 Å². The van der Waals surface area contributed by atoms with E-state index in [0.29, 0.717) is 6.04 Å². The van der Waals surface area contributed by atoms with E-state index in [0.717, 1.165) is 26.1 Å². The molecule has 88 valence electrons. The average Bonchev–Trinajstić information content (AvgIpc) is 2.20. The van der Waals surface area contributed by atoms with Gasteiger partial charge in [-0.15, -0.1) is 0 Å². The Morgan fingerprint density at radius 2 is 2.20 bits per heavy atom. The molecular formula is C11H23N3O.